The van der Waals surface area contributed by atoms with Crippen LogP contribution in [0.5, 0.6) is 0 Å². The number of hydrogen-bond donors (Lipinski definition) is 0. The van der Waals surface area contributed by atoms with Crippen molar-refractivity contribution >= 4 is 22.7 Å². The minimum absolute atomic E-state index is 0.0161. The van der Waals surface area contributed by atoms with Crippen molar-refractivity contribution in [3.8, 4) is 5.69 Å². The Morgan fingerprint density at radius 1 is 1.15 bits per heavy atom. The normalized spacial score (nSPS) is 17.3. The number of ether oxygens (including phenoxy) is 1. The lowest BCUT2D eigenvalue weighted by molar-refractivity contribution is 0.0315. The van der Waals surface area contributed by atoms with Crippen molar-refractivity contribution in [2.45, 2.75) is 44.4 Å². The first-order valence-electron chi connectivity index (χ1n) is 9.47. The van der Waals surface area contributed by atoms with Crippen LogP contribution in [-0.2, 0) is 4.74 Å². The van der Waals surface area contributed by atoms with Crippen LogP contribution in [0.15, 0.2) is 52.4 Å². The van der Waals surface area contributed by atoms with Crippen LogP contribution in [0, 0.1) is 13.8 Å². The predicted molar refractivity (Wildman–Crippen MR) is 111 cm³/mol. The standard InChI is InChI=1S/C22H24N2O2S/c1-15-11-16(2)13-17(12-15)24-21(25)19-8-3-4-9-20(19)23-22(24)27-14-18-7-5-6-10-26-18/h3-4,8-9,11-13,18H,5-7,10,14H2,1-2H3/t18-/m0/s1. The molecule has 1 saturated heterocycles. The molecule has 27 heavy (non-hydrogen) atoms. The van der Waals surface area contributed by atoms with E-state index in [4.69, 9.17) is 9.72 Å². The van der Waals surface area contributed by atoms with Crippen molar-refractivity contribution in [3.63, 3.8) is 0 Å². The molecule has 140 valence electrons. The first-order valence-corrected chi connectivity index (χ1v) is 10.5. The maximum Gasteiger partial charge on any atom is 0.266 e. The van der Waals surface area contributed by atoms with Crippen molar-refractivity contribution < 1.29 is 4.74 Å². The topological polar surface area (TPSA) is 44.1 Å². The van der Waals surface area contributed by atoms with E-state index in [0.717, 1.165) is 52.7 Å². The maximum absolute atomic E-state index is 13.3. The van der Waals surface area contributed by atoms with Gasteiger partial charge in [0.15, 0.2) is 5.16 Å². The van der Waals surface area contributed by atoms with Gasteiger partial charge in [-0.05, 0) is 68.5 Å². The highest BCUT2D eigenvalue weighted by Gasteiger charge is 2.18. The summed E-state index contributed by atoms with van der Waals surface area (Å²) in [5.74, 6) is 0.815. The second-order valence-electron chi connectivity index (χ2n) is 7.20. The summed E-state index contributed by atoms with van der Waals surface area (Å²) in [5.41, 5.74) is 3.88. The monoisotopic (exact) mass is 380 g/mol. The molecule has 2 aromatic carbocycles. The number of aryl methyl sites for hydroxylation is 2. The lowest BCUT2D eigenvalue weighted by Gasteiger charge is -2.22. The Kier molecular flexibility index (Phi) is 5.32. The van der Waals surface area contributed by atoms with Crippen molar-refractivity contribution in [2.75, 3.05) is 12.4 Å². The molecule has 0 spiro atoms. The molecule has 0 saturated carbocycles. The molecule has 0 N–H and O–H groups in total. The number of rotatable bonds is 4. The van der Waals surface area contributed by atoms with E-state index in [9.17, 15) is 4.79 Å². The van der Waals surface area contributed by atoms with Crippen LogP contribution < -0.4 is 5.56 Å². The lowest BCUT2D eigenvalue weighted by Crippen LogP contribution is -2.24. The number of hydrogen-bond acceptors (Lipinski definition) is 4. The summed E-state index contributed by atoms with van der Waals surface area (Å²) in [7, 11) is 0. The van der Waals surface area contributed by atoms with Crippen LogP contribution in [0.2, 0.25) is 0 Å². The number of nitrogens with zero attached hydrogens (tertiary/aromatic N) is 2. The fourth-order valence-electron chi connectivity index (χ4n) is 3.62. The molecule has 1 atom stereocenters. The number of para-hydroxylation sites is 1. The highest BCUT2D eigenvalue weighted by atomic mass is 32.2. The van der Waals surface area contributed by atoms with Gasteiger partial charge < -0.3 is 4.74 Å². The molecule has 0 amide bonds. The summed E-state index contributed by atoms with van der Waals surface area (Å²) in [6.45, 7) is 4.94. The zero-order valence-electron chi connectivity index (χ0n) is 15.8. The third kappa shape index (κ3) is 3.94. The van der Waals surface area contributed by atoms with E-state index >= 15 is 0 Å². The highest BCUT2D eigenvalue weighted by molar-refractivity contribution is 7.99. The molecule has 2 heterocycles. The number of aromatic nitrogens is 2. The van der Waals surface area contributed by atoms with Gasteiger partial charge in [0, 0.05) is 12.4 Å². The zero-order valence-corrected chi connectivity index (χ0v) is 16.6. The largest absolute Gasteiger partial charge is 0.377 e. The summed E-state index contributed by atoms with van der Waals surface area (Å²) in [5, 5.41) is 1.38. The fraction of sp³-hybridized carbons (Fsp3) is 0.364. The second-order valence-corrected chi connectivity index (χ2v) is 8.18. The van der Waals surface area contributed by atoms with Crippen LogP contribution in [0.3, 0.4) is 0 Å². The maximum atomic E-state index is 13.3. The van der Waals surface area contributed by atoms with Crippen molar-refractivity contribution in [3.05, 3.63) is 63.9 Å². The highest BCUT2D eigenvalue weighted by Crippen LogP contribution is 2.26. The summed E-state index contributed by atoms with van der Waals surface area (Å²) in [6, 6.07) is 13.8. The van der Waals surface area contributed by atoms with E-state index in [1.54, 1.807) is 16.3 Å². The Balaban J connectivity index is 1.81. The zero-order chi connectivity index (χ0) is 18.8. The molecule has 1 aromatic heterocycles. The van der Waals surface area contributed by atoms with Crippen molar-refractivity contribution in [1.29, 1.82) is 0 Å². The van der Waals surface area contributed by atoms with Gasteiger partial charge in [-0.3, -0.25) is 9.36 Å². The van der Waals surface area contributed by atoms with Gasteiger partial charge in [0.2, 0.25) is 0 Å². The van der Waals surface area contributed by atoms with Crippen molar-refractivity contribution in [1.82, 2.24) is 9.55 Å². The molecule has 1 aliphatic heterocycles. The number of benzene rings is 2. The number of thioether (sulfide) groups is 1. The predicted octanol–water partition coefficient (Wildman–Crippen LogP) is 4.66. The summed E-state index contributed by atoms with van der Waals surface area (Å²) >= 11 is 1.62. The van der Waals surface area contributed by atoms with Crippen LogP contribution >= 0.6 is 11.8 Å². The van der Waals surface area contributed by atoms with Crippen LogP contribution in [0.4, 0.5) is 0 Å². The van der Waals surface area contributed by atoms with E-state index in [1.807, 2.05) is 36.4 Å². The van der Waals surface area contributed by atoms with Gasteiger partial charge in [0.05, 0.1) is 22.7 Å². The van der Waals surface area contributed by atoms with E-state index in [2.05, 4.69) is 19.9 Å². The molecule has 3 aromatic rings. The molecular weight excluding hydrogens is 356 g/mol. The average Bonchev–Trinajstić information content (AvgIpc) is 2.66. The van der Waals surface area contributed by atoms with Gasteiger partial charge in [0.1, 0.15) is 0 Å². The third-order valence-corrected chi connectivity index (χ3v) is 5.95. The molecule has 1 aliphatic rings. The van der Waals surface area contributed by atoms with Gasteiger partial charge in [-0.15, -0.1) is 0 Å². The third-order valence-electron chi connectivity index (χ3n) is 4.88. The lowest BCUT2D eigenvalue weighted by atomic mass is 10.1. The van der Waals surface area contributed by atoms with E-state index in [-0.39, 0.29) is 11.7 Å². The van der Waals surface area contributed by atoms with E-state index in [1.165, 1.54) is 6.42 Å². The molecule has 0 unspecified atom stereocenters. The van der Waals surface area contributed by atoms with Gasteiger partial charge in [-0.25, -0.2) is 4.98 Å². The van der Waals surface area contributed by atoms with Gasteiger partial charge in [0.25, 0.3) is 5.56 Å². The fourth-order valence-corrected chi connectivity index (χ4v) is 4.70. The minimum atomic E-state index is -0.0161. The summed E-state index contributed by atoms with van der Waals surface area (Å²) < 4.78 is 7.62. The first kappa shape index (κ1) is 18.3. The van der Waals surface area contributed by atoms with Gasteiger partial charge in [-0.2, -0.15) is 0 Å². The van der Waals surface area contributed by atoms with Gasteiger partial charge >= 0.3 is 0 Å². The first-order chi connectivity index (χ1) is 13.1. The number of fused-ring (bicyclic) bond motifs is 1. The molecular formula is C22H24N2O2S. The summed E-state index contributed by atoms with van der Waals surface area (Å²) in [6.07, 6.45) is 3.66. The Bertz CT molecular complexity index is 1000. The molecule has 0 aliphatic carbocycles. The Hall–Kier alpha value is -2.11. The molecule has 4 nitrogen and oxygen atoms in total. The van der Waals surface area contributed by atoms with Crippen LogP contribution in [0.1, 0.15) is 30.4 Å². The molecule has 4 rings (SSSR count). The molecule has 5 heteroatoms. The van der Waals surface area contributed by atoms with Crippen molar-refractivity contribution in [2.24, 2.45) is 0 Å². The Morgan fingerprint density at radius 3 is 2.67 bits per heavy atom. The molecule has 1 fully saturated rings. The molecule has 0 radical (unpaired) electrons. The Morgan fingerprint density at radius 2 is 1.93 bits per heavy atom. The average molecular weight is 381 g/mol. The van der Waals surface area contributed by atoms with Crippen LogP contribution in [-0.4, -0.2) is 28.0 Å². The van der Waals surface area contributed by atoms with E-state index in [0.29, 0.717) is 5.39 Å². The van der Waals surface area contributed by atoms with E-state index < -0.39 is 0 Å². The summed E-state index contributed by atoms with van der Waals surface area (Å²) in [4.78, 5) is 18.1. The second kappa shape index (κ2) is 7.87. The van der Waals surface area contributed by atoms with Gasteiger partial charge in [-0.1, -0.05) is 30.0 Å². The Labute approximate surface area is 163 Å². The SMILES string of the molecule is Cc1cc(C)cc(-n2c(SC[C@@H]3CCCCO3)nc3ccccc3c2=O)c1. The molecule has 0 bridgehead atoms. The smallest absolute Gasteiger partial charge is 0.266 e. The van der Waals surface area contributed by atoms with Crippen LogP contribution in [0.25, 0.3) is 16.6 Å². The minimum Gasteiger partial charge on any atom is -0.377 e. The quantitative estimate of drug-likeness (QED) is 0.488.